The Morgan fingerprint density at radius 2 is 1.72 bits per heavy atom. The summed E-state index contributed by atoms with van der Waals surface area (Å²) in [5.41, 5.74) is 3.43. The Bertz CT molecular complexity index is 564. The smallest absolute Gasteiger partial charge is 0.0998 e. The van der Waals surface area contributed by atoms with Crippen LogP contribution in [0.15, 0.2) is 59.6 Å². The number of hydrogen-bond donors (Lipinski definition) is 1. The molecule has 1 N–H and O–H groups in total. The first-order valence-corrected chi connectivity index (χ1v) is 7.01. The first-order valence-electron chi connectivity index (χ1n) is 6.02. The van der Waals surface area contributed by atoms with Gasteiger partial charge in [-0.05, 0) is 18.2 Å². The van der Waals surface area contributed by atoms with E-state index in [0.29, 0.717) is 0 Å². The molecule has 3 rings (SSSR count). The van der Waals surface area contributed by atoms with Gasteiger partial charge in [0.2, 0.25) is 0 Å². The van der Waals surface area contributed by atoms with Gasteiger partial charge in [0.25, 0.3) is 0 Å². The summed E-state index contributed by atoms with van der Waals surface area (Å²) in [6, 6.07) is 18.6. The maximum Gasteiger partial charge on any atom is 0.0998 e. The third-order valence-electron chi connectivity index (χ3n) is 2.80. The lowest BCUT2D eigenvalue weighted by Gasteiger charge is -2.11. The van der Waals surface area contributed by atoms with Gasteiger partial charge in [0.05, 0.1) is 5.04 Å². The molecule has 0 atom stereocenters. The normalized spacial score (nSPS) is 14.3. The van der Waals surface area contributed by atoms with Crippen molar-refractivity contribution in [2.75, 3.05) is 17.6 Å². The monoisotopic (exact) mass is 254 g/mol. The van der Waals surface area contributed by atoms with Gasteiger partial charge in [0, 0.05) is 29.2 Å². The van der Waals surface area contributed by atoms with Crippen molar-refractivity contribution in [1.29, 1.82) is 0 Å². The van der Waals surface area contributed by atoms with Crippen LogP contribution in [0.4, 0.5) is 11.4 Å². The molecule has 2 nitrogen and oxygen atoms in total. The topological polar surface area (TPSA) is 24.4 Å². The number of hydrogen-bond acceptors (Lipinski definition) is 3. The number of anilines is 2. The maximum atomic E-state index is 4.55. The molecule has 0 fully saturated rings. The molecule has 2 aromatic carbocycles. The van der Waals surface area contributed by atoms with Crippen molar-refractivity contribution >= 4 is 28.2 Å². The zero-order valence-electron chi connectivity index (χ0n) is 9.97. The lowest BCUT2D eigenvalue weighted by molar-refractivity contribution is 1.17. The van der Waals surface area contributed by atoms with Crippen molar-refractivity contribution in [3.05, 3.63) is 60.2 Å². The lowest BCUT2D eigenvalue weighted by atomic mass is 10.2. The van der Waals surface area contributed by atoms with Crippen molar-refractivity contribution in [1.82, 2.24) is 0 Å². The highest BCUT2D eigenvalue weighted by atomic mass is 32.2. The number of para-hydroxylation sites is 2. The number of benzene rings is 2. The Labute approximate surface area is 111 Å². The summed E-state index contributed by atoms with van der Waals surface area (Å²) in [5.74, 6) is 1.09. The van der Waals surface area contributed by atoms with Crippen molar-refractivity contribution in [2.45, 2.75) is 0 Å². The Balaban J connectivity index is 1.92. The summed E-state index contributed by atoms with van der Waals surface area (Å²) < 4.78 is 0. The Hall–Kier alpha value is -1.74. The van der Waals surface area contributed by atoms with Crippen LogP contribution in [0, 0.1) is 0 Å². The van der Waals surface area contributed by atoms with Crippen LogP contribution in [0.5, 0.6) is 0 Å². The Morgan fingerprint density at radius 1 is 0.944 bits per heavy atom. The molecular weight excluding hydrogens is 240 g/mol. The van der Waals surface area contributed by atoms with Gasteiger partial charge >= 0.3 is 0 Å². The lowest BCUT2D eigenvalue weighted by Crippen LogP contribution is -1.99. The van der Waals surface area contributed by atoms with Crippen LogP contribution in [0.25, 0.3) is 0 Å². The SMILES string of the molecule is c1ccc(Nc2ccccc2C2=NCCS2)cc1. The molecule has 0 radical (unpaired) electrons. The van der Waals surface area contributed by atoms with Crippen LogP contribution in [0.3, 0.4) is 0 Å². The number of nitrogens with zero attached hydrogens (tertiary/aromatic N) is 1. The molecule has 0 saturated carbocycles. The van der Waals surface area contributed by atoms with E-state index >= 15 is 0 Å². The molecule has 0 amide bonds. The number of rotatable bonds is 3. The second-order valence-corrected chi connectivity index (χ2v) is 5.16. The van der Waals surface area contributed by atoms with Crippen molar-refractivity contribution in [3.63, 3.8) is 0 Å². The van der Waals surface area contributed by atoms with E-state index in [1.807, 2.05) is 30.0 Å². The van der Waals surface area contributed by atoms with Crippen LogP contribution in [-0.2, 0) is 0 Å². The van der Waals surface area contributed by atoms with Gasteiger partial charge in [-0.2, -0.15) is 0 Å². The van der Waals surface area contributed by atoms with Crippen LogP contribution in [0.2, 0.25) is 0 Å². The standard InChI is InChI=1S/C15H14N2S/c1-2-6-12(7-3-1)17-14-9-5-4-8-13(14)15-16-10-11-18-15/h1-9,17H,10-11H2. The summed E-state index contributed by atoms with van der Waals surface area (Å²) in [5, 5.41) is 4.60. The molecular formula is C15H14N2S. The minimum atomic E-state index is 0.930. The highest BCUT2D eigenvalue weighted by Crippen LogP contribution is 2.27. The summed E-state index contributed by atoms with van der Waals surface area (Å²) >= 11 is 1.83. The van der Waals surface area contributed by atoms with Crippen LogP contribution in [-0.4, -0.2) is 17.3 Å². The van der Waals surface area contributed by atoms with E-state index in [-0.39, 0.29) is 0 Å². The number of aliphatic imine (C=N–C) groups is 1. The molecule has 0 aromatic heterocycles. The Kier molecular flexibility index (Phi) is 3.33. The molecule has 2 aromatic rings. The van der Waals surface area contributed by atoms with Crippen LogP contribution in [0.1, 0.15) is 5.56 Å². The average molecular weight is 254 g/mol. The molecule has 1 heterocycles. The summed E-state index contributed by atoms with van der Waals surface area (Å²) in [6.45, 7) is 0.930. The van der Waals surface area contributed by atoms with E-state index in [0.717, 1.165) is 28.7 Å². The van der Waals surface area contributed by atoms with Crippen molar-refractivity contribution in [3.8, 4) is 0 Å². The van der Waals surface area contributed by atoms with Gasteiger partial charge in [-0.15, -0.1) is 11.8 Å². The molecule has 1 aliphatic heterocycles. The highest BCUT2D eigenvalue weighted by Gasteiger charge is 2.13. The predicted octanol–water partition coefficient (Wildman–Crippen LogP) is 3.92. The molecule has 90 valence electrons. The van der Waals surface area contributed by atoms with Crippen LogP contribution < -0.4 is 5.32 Å². The molecule has 0 saturated heterocycles. The average Bonchev–Trinajstić information content (AvgIpc) is 2.94. The third-order valence-corrected chi connectivity index (χ3v) is 3.80. The number of thioether (sulfide) groups is 1. The van der Waals surface area contributed by atoms with Gasteiger partial charge in [-0.3, -0.25) is 4.99 Å². The second kappa shape index (κ2) is 5.27. The van der Waals surface area contributed by atoms with Crippen molar-refractivity contribution in [2.24, 2.45) is 4.99 Å². The molecule has 1 aliphatic rings. The molecule has 3 heteroatoms. The fourth-order valence-electron chi connectivity index (χ4n) is 1.95. The Morgan fingerprint density at radius 3 is 2.50 bits per heavy atom. The fraction of sp³-hybridized carbons (Fsp3) is 0.133. The largest absolute Gasteiger partial charge is 0.355 e. The first kappa shape index (κ1) is 11.4. The van der Waals surface area contributed by atoms with E-state index < -0.39 is 0 Å². The predicted molar refractivity (Wildman–Crippen MR) is 80.0 cm³/mol. The van der Waals surface area contributed by atoms with E-state index in [9.17, 15) is 0 Å². The quantitative estimate of drug-likeness (QED) is 0.897. The first-order chi connectivity index (χ1) is 8.93. The minimum absolute atomic E-state index is 0.930. The minimum Gasteiger partial charge on any atom is -0.355 e. The molecule has 0 unspecified atom stereocenters. The number of nitrogens with one attached hydrogen (secondary N) is 1. The van der Waals surface area contributed by atoms with Gasteiger partial charge in [-0.1, -0.05) is 36.4 Å². The summed E-state index contributed by atoms with van der Waals surface area (Å²) in [7, 11) is 0. The second-order valence-electron chi connectivity index (χ2n) is 4.07. The summed E-state index contributed by atoms with van der Waals surface area (Å²) in [4.78, 5) is 4.55. The summed E-state index contributed by atoms with van der Waals surface area (Å²) in [6.07, 6.45) is 0. The van der Waals surface area contributed by atoms with E-state index in [2.05, 4.69) is 46.7 Å². The van der Waals surface area contributed by atoms with Gasteiger partial charge in [0.15, 0.2) is 0 Å². The molecule has 0 spiro atoms. The van der Waals surface area contributed by atoms with E-state index in [4.69, 9.17) is 0 Å². The molecule has 18 heavy (non-hydrogen) atoms. The zero-order chi connectivity index (χ0) is 12.2. The van der Waals surface area contributed by atoms with Gasteiger partial charge in [0.1, 0.15) is 0 Å². The van der Waals surface area contributed by atoms with E-state index in [1.165, 1.54) is 5.56 Å². The molecule has 0 bridgehead atoms. The molecule has 0 aliphatic carbocycles. The maximum absolute atomic E-state index is 4.55. The van der Waals surface area contributed by atoms with Gasteiger partial charge < -0.3 is 5.32 Å². The highest BCUT2D eigenvalue weighted by molar-refractivity contribution is 8.14. The third kappa shape index (κ3) is 2.41. The van der Waals surface area contributed by atoms with Crippen LogP contribution >= 0.6 is 11.8 Å². The van der Waals surface area contributed by atoms with Gasteiger partial charge in [-0.25, -0.2) is 0 Å². The zero-order valence-corrected chi connectivity index (χ0v) is 10.8. The van der Waals surface area contributed by atoms with E-state index in [1.54, 1.807) is 0 Å². The van der Waals surface area contributed by atoms with Crippen molar-refractivity contribution < 1.29 is 0 Å². The fourth-order valence-corrected chi connectivity index (χ4v) is 2.85.